The van der Waals surface area contributed by atoms with Crippen LogP contribution in [0.4, 0.5) is 10.5 Å². The van der Waals surface area contributed by atoms with E-state index >= 15 is 0 Å². The van der Waals surface area contributed by atoms with E-state index in [0.29, 0.717) is 44.2 Å². The molecular formula is C20H27N3O5. The monoisotopic (exact) mass is 389 g/mol. The fourth-order valence-corrected chi connectivity index (χ4v) is 4.23. The number of amides is 3. The van der Waals surface area contributed by atoms with Gasteiger partial charge in [-0.1, -0.05) is 0 Å². The Bertz CT molecular complexity index is 739. The Morgan fingerprint density at radius 3 is 2.86 bits per heavy atom. The standard InChI is InChI=1S/C20H27N3O5/c24-8-6-15-3-1-2-7-22(15)20(26)21-14-11-19(25)23(13-14)16-4-5-17-18(12-16)28-10-9-27-17/h4-5,12,14-15,24H,1-3,6-11,13H2,(H,21,26). The number of piperidine rings is 1. The molecule has 3 amide bonds. The van der Waals surface area contributed by atoms with Crippen molar-refractivity contribution in [2.45, 2.75) is 44.2 Å². The van der Waals surface area contributed by atoms with Crippen LogP contribution in [0.15, 0.2) is 18.2 Å². The van der Waals surface area contributed by atoms with E-state index in [2.05, 4.69) is 5.32 Å². The molecule has 2 fully saturated rings. The second-order valence-electron chi connectivity index (χ2n) is 7.54. The summed E-state index contributed by atoms with van der Waals surface area (Å²) in [6.07, 6.45) is 3.84. The van der Waals surface area contributed by atoms with E-state index in [1.54, 1.807) is 4.90 Å². The average molecular weight is 389 g/mol. The highest BCUT2D eigenvalue weighted by Crippen LogP contribution is 2.35. The smallest absolute Gasteiger partial charge is 0.317 e. The van der Waals surface area contributed by atoms with Crippen molar-refractivity contribution in [3.05, 3.63) is 18.2 Å². The minimum absolute atomic E-state index is 0.0208. The molecule has 0 bridgehead atoms. The topological polar surface area (TPSA) is 91.3 Å². The lowest BCUT2D eigenvalue weighted by atomic mass is 10.00. The van der Waals surface area contributed by atoms with Crippen LogP contribution in [0.25, 0.3) is 0 Å². The Hall–Kier alpha value is -2.48. The van der Waals surface area contributed by atoms with Crippen LogP contribution in [-0.4, -0.2) is 66.9 Å². The first-order chi connectivity index (χ1) is 13.7. The van der Waals surface area contributed by atoms with Crippen molar-refractivity contribution in [1.82, 2.24) is 10.2 Å². The molecule has 152 valence electrons. The number of nitrogens with zero attached hydrogens (tertiary/aromatic N) is 2. The summed E-state index contributed by atoms with van der Waals surface area (Å²) >= 11 is 0. The summed E-state index contributed by atoms with van der Waals surface area (Å²) in [6, 6.07) is 5.18. The SMILES string of the molecule is O=C1CC(NC(=O)N2CCCCC2CCO)CN1c1ccc2c(c1)OCCO2. The summed E-state index contributed by atoms with van der Waals surface area (Å²) in [6.45, 7) is 2.23. The van der Waals surface area contributed by atoms with Crippen molar-refractivity contribution in [3.8, 4) is 11.5 Å². The third kappa shape index (κ3) is 3.87. The van der Waals surface area contributed by atoms with Gasteiger partial charge in [0.1, 0.15) is 13.2 Å². The van der Waals surface area contributed by atoms with Crippen LogP contribution in [0.5, 0.6) is 11.5 Å². The first-order valence-corrected chi connectivity index (χ1v) is 10.0. The number of nitrogens with one attached hydrogen (secondary N) is 1. The third-order valence-corrected chi connectivity index (χ3v) is 5.64. The number of likely N-dealkylation sites (tertiary alicyclic amines) is 1. The molecule has 1 aromatic carbocycles. The molecule has 2 N–H and O–H groups in total. The lowest BCUT2D eigenvalue weighted by molar-refractivity contribution is -0.117. The predicted octanol–water partition coefficient (Wildman–Crippen LogP) is 1.51. The molecule has 0 spiro atoms. The second kappa shape index (κ2) is 8.26. The first kappa shape index (κ1) is 18.9. The maximum Gasteiger partial charge on any atom is 0.317 e. The van der Waals surface area contributed by atoms with Gasteiger partial charge in [0.15, 0.2) is 11.5 Å². The molecule has 4 rings (SSSR count). The number of aliphatic hydroxyl groups excluding tert-OH is 1. The van der Waals surface area contributed by atoms with Crippen molar-refractivity contribution in [2.75, 3.05) is 37.8 Å². The predicted molar refractivity (Wildman–Crippen MR) is 103 cm³/mol. The quantitative estimate of drug-likeness (QED) is 0.815. The molecule has 0 radical (unpaired) electrons. The summed E-state index contributed by atoms with van der Waals surface area (Å²) < 4.78 is 11.1. The van der Waals surface area contributed by atoms with Crippen molar-refractivity contribution < 1.29 is 24.2 Å². The number of hydrogen-bond donors (Lipinski definition) is 2. The Kier molecular flexibility index (Phi) is 5.57. The van der Waals surface area contributed by atoms with Gasteiger partial charge in [-0.05, 0) is 37.8 Å². The normalized spacial score (nSPS) is 24.4. The van der Waals surface area contributed by atoms with Crippen LogP contribution in [0.2, 0.25) is 0 Å². The van der Waals surface area contributed by atoms with Gasteiger partial charge in [-0.15, -0.1) is 0 Å². The Morgan fingerprint density at radius 2 is 2.04 bits per heavy atom. The fraction of sp³-hybridized carbons (Fsp3) is 0.600. The first-order valence-electron chi connectivity index (χ1n) is 10.0. The lowest BCUT2D eigenvalue weighted by Crippen LogP contribution is -2.52. The van der Waals surface area contributed by atoms with Crippen LogP contribution in [-0.2, 0) is 4.79 Å². The molecule has 0 aliphatic carbocycles. The number of carbonyl (C=O) groups excluding carboxylic acids is 2. The second-order valence-corrected chi connectivity index (χ2v) is 7.54. The van der Waals surface area contributed by atoms with E-state index in [0.717, 1.165) is 24.9 Å². The summed E-state index contributed by atoms with van der Waals surface area (Å²) in [7, 11) is 0. The number of fused-ring (bicyclic) bond motifs is 1. The molecule has 2 atom stereocenters. The summed E-state index contributed by atoms with van der Waals surface area (Å²) in [5.74, 6) is 1.31. The van der Waals surface area contributed by atoms with E-state index in [9.17, 15) is 14.7 Å². The molecule has 0 saturated carbocycles. The van der Waals surface area contributed by atoms with E-state index in [1.165, 1.54) is 0 Å². The molecule has 8 nitrogen and oxygen atoms in total. The Morgan fingerprint density at radius 1 is 1.21 bits per heavy atom. The van der Waals surface area contributed by atoms with Gasteiger partial charge in [-0.25, -0.2) is 4.79 Å². The lowest BCUT2D eigenvalue weighted by Gasteiger charge is -2.36. The van der Waals surface area contributed by atoms with Crippen LogP contribution < -0.4 is 19.7 Å². The number of benzene rings is 1. The Balaban J connectivity index is 1.40. The van der Waals surface area contributed by atoms with Crippen molar-refractivity contribution in [3.63, 3.8) is 0 Å². The van der Waals surface area contributed by atoms with Crippen LogP contribution in [0.1, 0.15) is 32.1 Å². The molecule has 3 aliphatic rings. The summed E-state index contributed by atoms with van der Waals surface area (Å²) in [4.78, 5) is 28.8. The number of aliphatic hydroxyl groups is 1. The van der Waals surface area contributed by atoms with Crippen molar-refractivity contribution in [1.29, 1.82) is 0 Å². The van der Waals surface area contributed by atoms with E-state index in [1.807, 2.05) is 23.1 Å². The van der Waals surface area contributed by atoms with Gasteiger partial charge in [0, 0.05) is 43.9 Å². The molecule has 1 aromatic rings. The molecule has 3 aliphatic heterocycles. The number of ether oxygens (including phenoxy) is 2. The van der Waals surface area contributed by atoms with Crippen molar-refractivity contribution >= 4 is 17.6 Å². The molecule has 3 heterocycles. The molecular weight excluding hydrogens is 362 g/mol. The highest BCUT2D eigenvalue weighted by atomic mass is 16.6. The molecule has 8 heteroatoms. The van der Waals surface area contributed by atoms with E-state index < -0.39 is 0 Å². The number of hydrogen-bond acceptors (Lipinski definition) is 5. The molecule has 2 saturated heterocycles. The number of rotatable bonds is 4. The zero-order chi connectivity index (χ0) is 19.5. The number of urea groups is 1. The molecule has 28 heavy (non-hydrogen) atoms. The van der Waals surface area contributed by atoms with Crippen LogP contribution in [0.3, 0.4) is 0 Å². The average Bonchev–Trinajstić information content (AvgIpc) is 3.08. The van der Waals surface area contributed by atoms with Gasteiger partial charge in [0.05, 0.1) is 6.04 Å². The van der Waals surface area contributed by atoms with Crippen molar-refractivity contribution in [2.24, 2.45) is 0 Å². The van der Waals surface area contributed by atoms with E-state index in [-0.39, 0.29) is 37.0 Å². The Labute approximate surface area is 164 Å². The van der Waals surface area contributed by atoms with Crippen LogP contribution in [0, 0.1) is 0 Å². The summed E-state index contributed by atoms with van der Waals surface area (Å²) in [5, 5.41) is 12.3. The molecule has 0 aromatic heterocycles. The van der Waals surface area contributed by atoms with Gasteiger partial charge >= 0.3 is 6.03 Å². The number of anilines is 1. The van der Waals surface area contributed by atoms with Gasteiger partial charge in [-0.3, -0.25) is 4.79 Å². The van der Waals surface area contributed by atoms with Crippen LogP contribution >= 0.6 is 0 Å². The largest absolute Gasteiger partial charge is 0.486 e. The minimum Gasteiger partial charge on any atom is -0.486 e. The van der Waals surface area contributed by atoms with Gasteiger partial charge in [0.2, 0.25) is 5.91 Å². The zero-order valence-electron chi connectivity index (χ0n) is 15.9. The molecule has 2 unspecified atom stereocenters. The maximum absolute atomic E-state index is 12.7. The fourth-order valence-electron chi connectivity index (χ4n) is 4.23. The van der Waals surface area contributed by atoms with Gasteiger partial charge in [0.25, 0.3) is 0 Å². The van der Waals surface area contributed by atoms with E-state index in [4.69, 9.17) is 9.47 Å². The maximum atomic E-state index is 12.7. The van der Waals surface area contributed by atoms with Gasteiger partial charge in [-0.2, -0.15) is 0 Å². The highest BCUT2D eigenvalue weighted by molar-refractivity contribution is 5.97. The minimum atomic E-state index is -0.232. The van der Waals surface area contributed by atoms with Gasteiger partial charge < -0.3 is 29.7 Å². The zero-order valence-corrected chi connectivity index (χ0v) is 15.9. The number of carbonyl (C=O) groups is 2. The third-order valence-electron chi connectivity index (χ3n) is 5.64. The summed E-state index contributed by atoms with van der Waals surface area (Å²) in [5.41, 5.74) is 0.752. The highest BCUT2D eigenvalue weighted by Gasteiger charge is 2.34.